The van der Waals surface area contributed by atoms with Crippen molar-refractivity contribution in [3.8, 4) is 0 Å². The molecule has 0 aliphatic heterocycles. The standard InChI is InChI=1S/C9H20N2O2/c1-8(2)4-6-13-7-5-11-9(12)10-3/h8H,4-7H2,1-3H3,(H2,10,11,12). The molecule has 0 aliphatic carbocycles. The van der Waals surface area contributed by atoms with E-state index in [9.17, 15) is 4.79 Å². The first-order valence-electron chi connectivity index (χ1n) is 4.70. The molecule has 78 valence electrons. The van der Waals surface area contributed by atoms with Crippen LogP contribution in [0.4, 0.5) is 4.79 Å². The summed E-state index contributed by atoms with van der Waals surface area (Å²) in [7, 11) is 1.59. The highest BCUT2D eigenvalue weighted by molar-refractivity contribution is 5.73. The maximum absolute atomic E-state index is 10.7. The molecule has 2 amide bonds. The molecule has 0 atom stereocenters. The summed E-state index contributed by atoms with van der Waals surface area (Å²) in [4.78, 5) is 10.7. The van der Waals surface area contributed by atoms with E-state index in [0.717, 1.165) is 13.0 Å². The van der Waals surface area contributed by atoms with Crippen LogP contribution in [0.5, 0.6) is 0 Å². The minimum absolute atomic E-state index is 0.160. The predicted molar refractivity (Wildman–Crippen MR) is 52.7 cm³/mol. The first-order chi connectivity index (χ1) is 6.16. The normalized spacial score (nSPS) is 10.2. The third kappa shape index (κ3) is 9.14. The van der Waals surface area contributed by atoms with Crippen LogP contribution in [0.25, 0.3) is 0 Å². The number of urea groups is 1. The lowest BCUT2D eigenvalue weighted by Gasteiger charge is -2.07. The fraction of sp³-hybridized carbons (Fsp3) is 0.889. The quantitative estimate of drug-likeness (QED) is 0.610. The molecule has 0 radical (unpaired) electrons. The lowest BCUT2D eigenvalue weighted by molar-refractivity contribution is 0.126. The summed E-state index contributed by atoms with van der Waals surface area (Å²) >= 11 is 0. The molecule has 0 unspecified atom stereocenters. The molecule has 0 aromatic heterocycles. The van der Waals surface area contributed by atoms with Crippen LogP contribution in [0, 0.1) is 5.92 Å². The van der Waals surface area contributed by atoms with Crippen molar-refractivity contribution in [2.75, 3.05) is 26.8 Å². The van der Waals surface area contributed by atoms with Gasteiger partial charge in [0.15, 0.2) is 0 Å². The Bertz CT molecular complexity index is 138. The Hall–Kier alpha value is -0.770. The third-order valence-corrected chi connectivity index (χ3v) is 1.60. The van der Waals surface area contributed by atoms with E-state index >= 15 is 0 Å². The summed E-state index contributed by atoms with van der Waals surface area (Å²) in [6.45, 7) is 6.24. The highest BCUT2D eigenvalue weighted by atomic mass is 16.5. The number of carbonyl (C=O) groups excluding carboxylic acids is 1. The summed E-state index contributed by atoms with van der Waals surface area (Å²) in [6.07, 6.45) is 1.07. The van der Waals surface area contributed by atoms with Crippen molar-refractivity contribution in [1.82, 2.24) is 10.6 Å². The Kier molecular flexibility index (Phi) is 7.39. The van der Waals surface area contributed by atoms with Gasteiger partial charge in [-0.05, 0) is 12.3 Å². The summed E-state index contributed by atoms with van der Waals surface area (Å²) in [5.74, 6) is 0.673. The Morgan fingerprint density at radius 1 is 1.38 bits per heavy atom. The van der Waals surface area contributed by atoms with Gasteiger partial charge < -0.3 is 15.4 Å². The Labute approximate surface area is 80.0 Å². The summed E-state index contributed by atoms with van der Waals surface area (Å²) in [5.41, 5.74) is 0. The predicted octanol–water partition coefficient (Wildman–Crippen LogP) is 0.978. The van der Waals surface area contributed by atoms with Crippen molar-refractivity contribution in [2.24, 2.45) is 5.92 Å². The molecule has 0 saturated heterocycles. The zero-order valence-electron chi connectivity index (χ0n) is 8.72. The van der Waals surface area contributed by atoms with Crippen LogP contribution in [0.2, 0.25) is 0 Å². The van der Waals surface area contributed by atoms with Gasteiger partial charge in [0, 0.05) is 20.2 Å². The van der Waals surface area contributed by atoms with Gasteiger partial charge >= 0.3 is 6.03 Å². The molecule has 0 aromatic carbocycles. The second-order valence-electron chi connectivity index (χ2n) is 3.30. The smallest absolute Gasteiger partial charge is 0.314 e. The SMILES string of the molecule is CNC(=O)NCCOCCC(C)C. The Balaban J connectivity index is 3.04. The van der Waals surface area contributed by atoms with E-state index in [0.29, 0.717) is 19.1 Å². The second-order valence-corrected chi connectivity index (χ2v) is 3.30. The van der Waals surface area contributed by atoms with Gasteiger partial charge in [0.2, 0.25) is 0 Å². The average molecular weight is 188 g/mol. The van der Waals surface area contributed by atoms with Gasteiger partial charge in [-0.1, -0.05) is 13.8 Å². The van der Waals surface area contributed by atoms with Gasteiger partial charge in [0.05, 0.1) is 6.61 Å². The molecular weight excluding hydrogens is 168 g/mol. The van der Waals surface area contributed by atoms with Crippen molar-refractivity contribution < 1.29 is 9.53 Å². The molecule has 0 spiro atoms. The molecule has 4 heteroatoms. The van der Waals surface area contributed by atoms with E-state index in [-0.39, 0.29) is 6.03 Å². The fourth-order valence-corrected chi connectivity index (χ4v) is 0.746. The lowest BCUT2D eigenvalue weighted by Crippen LogP contribution is -2.34. The summed E-state index contributed by atoms with van der Waals surface area (Å²) < 4.78 is 5.30. The zero-order valence-corrected chi connectivity index (χ0v) is 8.72. The van der Waals surface area contributed by atoms with E-state index in [1.807, 2.05) is 0 Å². The zero-order chi connectivity index (χ0) is 10.1. The first-order valence-corrected chi connectivity index (χ1v) is 4.70. The first kappa shape index (κ1) is 12.2. The Morgan fingerprint density at radius 2 is 2.08 bits per heavy atom. The van der Waals surface area contributed by atoms with E-state index in [2.05, 4.69) is 24.5 Å². The number of rotatable bonds is 6. The molecule has 0 aromatic rings. The monoisotopic (exact) mass is 188 g/mol. The molecule has 4 nitrogen and oxygen atoms in total. The highest BCUT2D eigenvalue weighted by Crippen LogP contribution is 1.97. The molecule has 0 aliphatic rings. The fourth-order valence-electron chi connectivity index (χ4n) is 0.746. The van der Waals surface area contributed by atoms with E-state index in [1.54, 1.807) is 7.05 Å². The molecule has 13 heavy (non-hydrogen) atoms. The van der Waals surface area contributed by atoms with Crippen molar-refractivity contribution >= 4 is 6.03 Å². The van der Waals surface area contributed by atoms with Crippen LogP contribution in [-0.4, -0.2) is 32.8 Å². The highest BCUT2D eigenvalue weighted by Gasteiger charge is 1.95. The van der Waals surface area contributed by atoms with Gasteiger partial charge in [-0.15, -0.1) is 0 Å². The lowest BCUT2D eigenvalue weighted by atomic mass is 10.1. The van der Waals surface area contributed by atoms with Crippen LogP contribution < -0.4 is 10.6 Å². The maximum Gasteiger partial charge on any atom is 0.314 e. The van der Waals surface area contributed by atoms with E-state index in [1.165, 1.54) is 0 Å². The van der Waals surface area contributed by atoms with Crippen molar-refractivity contribution in [2.45, 2.75) is 20.3 Å². The Morgan fingerprint density at radius 3 is 2.62 bits per heavy atom. The van der Waals surface area contributed by atoms with Gasteiger partial charge in [-0.2, -0.15) is 0 Å². The van der Waals surface area contributed by atoms with Crippen LogP contribution in [-0.2, 0) is 4.74 Å². The van der Waals surface area contributed by atoms with Crippen LogP contribution in [0.3, 0.4) is 0 Å². The number of hydrogen-bond acceptors (Lipinski definition) is 2. The average Bonchev–Trinajstić information content (AvgIpc) is 2.10. The summed E-state index contributed by atoms with van der Waals surface area (Å²) in [6, 6.07) is -0.160. The molecule has 2 N–H and O–H groups in total. The van der Waals surface area contributed by atoms with Crippen molar-refractivity contribution in [3.63, 3.8) is 0 Å². The number of hydrogen-bond donors (Lipinski definition) is 2. The van der Waals surface area contributed by atoms with E-state index < -0.39 is 0 Å². The molecule has 0 saturated carbocycles. The number of nitrogens with one attached hydrogen (secondary N) is 2. The summed E-state index contributed by atoms with van der Waals surface area (Å²) in [5, 5.41) is 5.11. The van der Waals surface area contributed by atoms with Crippen molar-refractivity contribution in [1.29, 1.82) is 0 Å². The second kappa shape index (κ2) is 7.86. The van der Waals surface area contributed by atoms with E-state index in [4.69, 9.17) is 4.74 Å². The van der Waals surface area contributed by atoms with Gasteiger partial charge in [0.25, 0.3) is 0 Å². The number of ether oxygens (including phenoxy) is 1. The maximum atomic E-state index is 10.7. The van der Waals surface area contributed by atoms with Gasteiger partial charge in [-0.3, -0.25) is 0 Å². The van der Waals surface area contributed by atoms with Crippen LogP contribution in [0.15, 0.2) is 0 Å². The minimum atomic E-state index is -0.160. The largest absolute Gasteiger partial charge is 0.380 e. The molecule has 0 bridgehead atoms. The van der Waals surface area contributed by atoms with Crippen LogP contribution >= 0.6 is 0 Å². The van der Waals surface area contributed by atoms with Crippen molar-refractivity contribution in [3.05, 3.63) is 0 Å². The molecule has 0 fully saturated rings. The minimum Gasteiger partial charge on any atom is -0.380 e. The molecule has 0 heterocycles. The third-order valence-electron chi connectivity index (χ3n) is 1.60. The van der Waals surface area contributed by atoms with Gasteiger partial charge in [-0.25, -0.2) is 4.79 Å². The van der Waals surface area contributed by atoms with Crippen LogP contribution in [0.1, 0.15) is 20.3 Å². The molecule has 0 rings (SSSR count). The number of carbonyl (C=O) groups is 1. The number of amides is 2. The van der Waals surface area contributed by atoms with Gasteiger partial charge in [0.1, 0.15) is 0 Å². The topological polar surface area (TPSA) is 50.4 Å². The molecular formula is C9H20N2O2.